The maximum Gasteiger partial charge on any atom is 0.160 e. The minimum atomic E-state index is -0.104. The van der Waals surface area contributed by atoms with Crippen molar-refractivity contribution in [3.05, 3.63) is 22.6 Å². The standard InChI is InChI=1S/C12H15BrClN3S/c1-8(14)11-16-10-6-9(13)7-15-12(10)17(11)4-3-5-18-2/h6-8H,3-5H2,1-2H3. The van der Waals surface area contributed by atoms with Crippen molar-refractivity contribution >= 4 is 50.5 Å². The number of alkyl halides is 1. The monoisotopic (exact) mass is 347 g/mol. The first-order valence-corrected chi connectivity index (χ1v) is 8.40. The molecule has 6 heteroatoms. The van der Waals surface area contributed by atoms with Crippen molar-refractivity contribution in [1.82, 2.24) is 14.5 Å². The number of imidazole rings is 1. The van der Waals surface area contributed by atoms with Gasteiger partial charge in [-0.25, -0.2) is 9.97 Å². The molecule has 0 aromatic carbocycles. The second-order valence-corrected chi connectivity index (χ2v) is 6.64. The molecule has 2 aromatic heterocycles. The Balaban J connectivity index is 2.42. The number of aryl methyl sites for hydroxylation is 1. The zero-order valence-corrected chi connectivity index (χ0v) is 13.5. The van der Waals surface area contributed by atoms with E-state index < -0.39 is 0 Å². The van der Waals surface area contributed by atoms with E-state index in [9.17, 15) is 0 Å². The Bertz CT molecular complexity index is 541. The molecule has 0 fully saturated rings. The lowest BCUT2D eigenvalue weighted by Crippen LogP contribution is -2.06. The van der Waals surface area contributed by atoms with E-state index >= 15 is 0 Å². The number of hydrogen-bond acceptors (Lipinski definition) is 3. The molecule has 0 radical (unpaired) electrons. The normalized spacial score (nSPS) is 13.1. The van der Waals surface area contributed by atoms with Crippen molar-refractivity contribution < 1.29 is 0 Å². The van der Waals surface area contributed by atoms with Gasteiger partial charge in [0.1, 0.15) is 11.3 Å². The lowest BCUT2D eigenvalue weighted by atomic mass is 10.4. The van der Waals surface area contributed by atoms with E-state index in [0.29, 0.717) is 0 Å². The van der Waals surface area contributed by atoms with Crippen LogP contribution < -0.4 is 0 Å². The molecule has 0 saturated carbocycles. The summed E-state index contributed by atoms with van der Waals surface area (Å²) in [6.07, 6.45) is 5.02. The van der Waals surface area contributed by atoms with Crippen LogP contribution in [0.5, 0.6) is 0 Å². The van der Waals surface area contributed by atoms with E-state index in [1.807, 2.05) is 24.8 Å². The van der Waals surface area contributed by atoms with Crippen molar-refractivity contribution in [2.45, 2.75) is 25.3 Å². The van der Waals surface area contributed by atoms with Gasteiger partial charge in [0.25, 0.3) is 0 Å². The average molecular weight is 349 g/mol. The van der Waals surface area contributed by atoms with E-state index in [0.717, 1.165) is 40.2 Å². The zero-order chi connectivity index (χ0) is 13.1. The van der Waals surface area contributed by atoms with Crippen molar-refractivity contribution in [2.24, 2.45) is 0 Å². The maximum atomic E-state index is 6.20. The van der Waals surface area contributed by atoms with Crippen LogP contribution in [0.25, 0.3) is 11.2 Å². The minimum Gasteiger partial charge on any atom is -0.311 e. The van der Waals surface area contributed by atoms with E-state index in [1.54, 1.807) is 6.20 Å². The van der Waals surface area contributed by atoms with Crippen LogP contribution in [-0.4, -0.2) is 26.5 Å². The van der Waals surface area contributed by atoms with Gasteiger partial charge >= 0.3 is 0 Å². The molecule has 0 aliphatic rings. The Morgan fingerprint density at radius 3 is 3.00 bits per heavy atom. The SMILES string of the molecule is CSCCCn1c(C(C)Cl)nc2cc(Br)cnc21. The third-order valence-electron chi connectivity index (χ3n) is 2.67. The van der Waals surface area contributed by atoms with E-state index in [2.05, 4.69) is 36.7 Å². The van der Waals surface area contributed by atoms with Gasteiger partial charge in [-0.3, -0.25) is 0 Å². The molecule has 2 rings (SSSR count). The van der Waals surface area contributed by atoms with Gasteiger partial charge in [-0.05, 0) is 47.3 Å². The van der Waals surface area contributed by atoms with Gasteiger partial charge in [0.2, 0.25) is 0 Å². The second-order valence-electron chi connectivity index (χ2n) is 4.08. The van der Waals surface area contributed by atoms with E-state index in [4.69, 9.17) is 11.6 Å². The van der Waals surface area contributed by atoms with Crippen LogP contribution in [0.3, 0.4) is 0 Å². The summed E-state index contributed by atoms with van der Waals surface area (Å²) < 4.78 is 3.08. The number of aromatic nitrogens is 3. The molecule has 2 aromatic rings. The summed E-state index contributed by atoms with van der Waals surface area (Å²) in [6.45, 7) is 2.86. The van der Waals surface area contributed by atoms with E-state index in [-0.39, 0.29) is 5.38 Å². The highest BCUT2D eigenvalue weighted by Gasteiger charge is 2.15. The summed E-state index contributed by atoms with van der Waals surface area (Å²) in [6, 6.07) is 1.98. The Labute approximate surface area is 124 Å². The summed E-state index contributed by atoms with van der Waals surface area (Å²) in [7, 11) is 0. The van der Waals surface area contributed by atoms with Crippen molar-refractivity contribution in [2.75, 3.05) is 12.0 Å². The molecule has 18 heavy (non-hydrogen) atoms. The van der Waals surface area contributed by atoms with Crippen LogP contribution in [0.2, 0.25) is 0 Å². The third kappa shape index (κ3) is 3.00. The molecule has 0 bridgehead atoms. The molecule has 0 aliphatic heterocycles. The first-order valence-electron chi connectivity index (χ1n) is 5.78. The van der Waals surface area contributed by atoms with Crippen LogP contribution in [0.4, 0.5) is 0 Å². The van der Waals surface area contributed by atoms with Crippen molar-refractivity contribution in [1.29, 1.82) is 0 Å². The number of hydrogen-bond donors (Lipinski definition) is 0. The topological polar surface area (TPSA) is 30.7 Å². The second kappa shape index (κ2) is 6.26. The fraction of sp³-hybridized carbons (Fsp3) is 0.500. The zero-order valence-electron chi connectivity index (χ0n) is 10.4. The molecule has 0 saturated heterocycles. The first kappa shape index (κ1) is 14.2. The molecule has 0 aliphatic carbocycles. The Hall–Kier alpha value is -0.260. The van der Waals surface area contributed by atoms with Crippen LogP contribution in [0.15, 0.2) is 16.7 Å². The molecule has 1 atom stereocenters. The average Bonchev–Trinajstić information content (AvgIpc) is 2.68. The Morgan fingerprint density at radius 1 is 1.56 bits per heavy atom. The van der Waals surface area contributed by atoms with Gasteiger partial charge < -0.3 is 4.57 Å². The summed E-state index contributed by atoms with van der Waals surface area (Å²) in [5, 5.41) is -0.104. The third-order valence-corrected chi connectivity index (χ3v) is 3.99. The molecule has 0 spiro atoms. The number of nitrogens with zero attached hydrogens (tertiary/aromatic N) is 3. The maximum absolute atomic E-state index is 6.20. The van der Waals surface area contributed by atoms with Gasteiger partial charge in [0.15, 0.2) is 5.65 Å². The summed E-state index contributed by atoms with van der Waals surface area (Å²) in [4.78, 5) is 9.03. The number of thioether (sulfide) groups is 1. The molecule has 3 nitrogen and oxygen atoms in total. The quantitative estimate of drug-likeness (QED) is 0.598. The highest BCUT2D eigenvalue weighted by atomic mass is 79.9. The fourth-order valence-electron chi connectivity index (χ4n) is 1.90. The fourth-order valence-corrected chi connectivity index (χ4v) is 2.80. The number of halogens is 2. The molecular weight excluding hydrogens is 334 g/mol. The van der Waals surface area contributed by atoms with Crippen LogP contribution in [-0.2, 0) is 6.54 Å². The van der Waals surface area contributed by atoms with E-state index in [1.165, 1.54) is 0 Å². The van der Waals surface area contributed by atoms with Crippen LogP contribution >= 0.6 is 39.3 Å². The molecule has 0 amide bonds. The Kier molecular flexibility index (Phi) is 4.92. The minimum absolute atomic E-state index is 0.104. The molecule has 1 unspecified atom stereocenters. The molecular formula is C12H15BrClN3S. The van der Waals surface area contributed by atoms with Crippen molar-refractivity contribution in [3.8, 4) is 0 Å². The smallest absolute Gasteiger partial charge is 0.160 e. The van der Waals surface area contributed by atoms with Gasteiger partial charge in [-0.15, -0.1) is 11.6 Å². The van der Waals surface area contributed by atoms with Gasteiger partial charge in [-0.2, -0.15) is 11.8 Å². The summed E-state index contributed by atoms with van der Waals surface area (Å²) in [5.74, 6) is 2.03. The van der Waals surface area contributed by atoms with Crippen LogP contribution in [0.1, 0.15) is 24.5 Å². The first-order chi connectivity index (χ1) is 8.63. The lowest BCUT2D eigenvalue weighted by Gasteiger charge is -2.09. The molecule has 0 N–H and O–H groups in total. The van der Waals surface area contributed by atoms with Gasteiger partial charge in [0.05, 0.1) is 5.38 Å². The predicted octanol–water partition coefficient (Wildman–Crippen LogP) is 4.25. The van der Waals surface area contributed by atoms with Gasteiger partial charge in [0, 0.05) is 17.2 Å². The Morgan fingerprint density at radius 2 is 2.33 bits per heavy atom. The molecule has 98 valence electrons. The largest absolute Gasteiger partial charge is 0.311 e. The highest BCUT2D eigenvalue weighted by molar-refractivity contribution is 9.10. The van der Waals surface area contributed by atoms with Gasteiger partial charge in [-0.1, -0.05) is 0 Å². The number of fused-ring (bicyclic) bond motifs is 1. The van der Waals surface area contributed by atoms with Crippen LogP contribution in [0, 0.1) is 0 Å². The summed E-state index contributed by atoms with van der Waals surface area (Å²) in [5.41, 5.74) is 1.82. The summed E-state index contributed by atoms with van der Waals surface area (Å²) >= 11 is 11.5. The predicted molar refractivity (Wildman–Crippen MR) is 82.5 cm³/mol. The highest BCUT2D eigenvalue weighted by Crippen LogP contribution is 2.25. The number of rotatable bonds is 5. The molecule has 2 heterocycles. The lowest BCUT2D eigenvalue weighted by molar-refractivity contribution is 0.654. The number of pyridine rings is 1. The van der Waals surface area contributed by atoms with Crippen molar-refractivity contribution in [3.63, 3.8) is 0 Å².